The molecular formula is C26H23F3N4O5. The Morgan fingerprint density at radius 3 is 1.95 bits per heavy atom. The Morgan fingerprint density at radius 2 is 1.45 bits per heavy atom. The Kier molecular flexibility index (Phi) is 7.42. The number of carbonyl (C=O) groups is 1. The summed E-state index contributed by atoms with van der Waals surface area (Å²) in [5.41, 5.74) is 0.382. The lowest BCUT2D eigenvalue weighted by molar-refractivity contribution is -0.137. The number of carbonyl (C=O) groups excluding carboxylic acids is 1. The smallest absolute Gasteiger partial charge is 0.416 e. The van der Waals surface area contributed by atoms with Crippen LogP contribution in [-0.4, -0.2) is 49.1 Å². The lowest BCUT2D eigenvalue weighted by atomic mass is 10.1. The quantitative estimate of drug-likeness (QED) is 0.334. The van der Waals surface area contributed by atoms with Gasteiger partial charge >= 0.3 is 6.18 Å². The molecular weight excluding hydrogens is 505 g/mol. The van der Waals surface area contributed by atoms with Crippen LogP contribution < -0.4 is 24.3 Å². The maximum Gasteiger partial charge on any atom is 0.416 e. The number of rotatable bonds is 8. The van der Waals surface area contributed by atoms with Crippen molar-refractivity contribution in [1.29, 1.82) is 0 Å². The number of hydrogen-bond donors (Lipinski definition) is 1. The number of alkyl halides is 3. The molecule has 1 amide bonds. The van der Waals surface area contributed by atoms with Gasteiger partial charge in [-0.05, 0) is 60.7 Å². The number of methoxy groups -OCH3 is 4. The molecule has 0 fully saturated rings. The molecule has 1 aromatic heterocycles. The summed E-state index contributed by atoms with van der Waals surface area (Å²) in [5, 5.41) is 6.91. The van der Waals surface area contributed by atoms with Crippen LogP contribution in [0, 0.1) is 0 Å². The van der Waals surface area contributed by atoms with Crippen LogP contribution in [0.4, 0.5) is 18.9 Å². The van der Waals surface area contributed by atoms with Crippen LogP contribution in [0.3, 0.4) is 0 Å². The predicted molar refractivity (Wildman–Crippen MR) is 132 cm³/mol. The zero-order chi connectivity index (χ0) is 27.4. The summed E-state index contributed by atoms with van der Waals surface area (Å²) in [4.78, 5) is 17.4. The van der Waals surface area contributed by atoms with Gasteiger partial charge in [-0.1, -0.05) is 0 Å². The van der Waals surface area contributed by atoms with Gasteiger partial charge in [0.2, 0.25) is 11.6 Å². The van der Waals surface area contributed by atoms with Crippen LogP contribution in [0.25, 0.3) is 17.1 Å². The molecule has 0 saturated heterocycles. The van der Waals surface area contributed by atoms with Crippen molar-refractivity contribution >= 4 is 11.6 Å². The van der Waals surface area contributed by atoms with Crippen LogP contribution in [-0.2, 0) is 6.18 Å². The van der Waals surface area contributed by atoms with Gasteiger partial charge in [-0.2, -0.15) is 13.2 Å². The Bertz CT molecular complexity index is 1410. The average Bonchev–Trinajstić information content (AvgIpc) is 3.38. The fourth-order valence-corrected chi connectivity index (χ4v) is 3.64. The third-order valence-electron chi connectivity index (χ3n) is 5.52. The molecule has 0 bridgehead atoms. The van der Waals surface area contributed by atoms with Crippen LogP contribution >= 0.6 is 0 Å². The Balaban J connectivity index is 1.77. The molecule has 0 radical (unpaired) electrons. The zero-order valence-corrected chi connectivity index (χ0v) is 20.8. The van der Waals surface area contributed by atoms with E-state index in [1.54, 1.807) is 36.4 Å². The third kappa shape index (κ3) is 5.33. The van der Waals surface area contributed by atoms with Gasteiger partial charge in [-0.15, -0.1) is 5.10 Å². The molecule has 0 unspecified atom stereocenters. The minimum absolute atomic E-state index is 0.151. The van der Waals surface area contributed by atoms with Gasteiger partial charge in [-0.3, -0.25) is 4.79 Å². The van der Waals surface area contributed by atoms with Gasteiger partial charge in [0.25, 0.3) is 5.91 Å². The number of nitrogens with one attached hydrogen (secondary N) is 1. The molecule has 198 valence electrons. The third-order valence-corrected chi connectivity index (χ3v) is 5.52. The van der Waals surface area contributed by atoms with Gasteiger partial charge in [0.15, 0.2) is 17.3 Å². The van der Waals surface area contributed by atoms with Crippen molar-refractivity contribution in [2.75, 3.05) is 33.8 Å². The lowest BCUT2D eigenvalue weighted by Crippen LogP contribution is -2.14. The van der Waals surface area contributed by atoms with Crippen LogP contribution in [0.2, 0.25) is 0 Å². The van der Waals surface area contributed by atoms with E-state index in [0.29, 0.717) is 34.2 Å². The second-order valence-electron chi connectivity index (χ2n) is 7.81. The van der Waals surface area contributed by atoms with E-state index in [4.69, 9.17) is 18.9 Å². The number of nitrogens with zero attached hydrogens (tertiary/aromatic N) is 3. The first-order chi connectivity index (χ1) is 18.2. The second kappa shape index (κ2) is 10.7. The highest BCUT2D eigenvalue weighted by molar-refractivity contribution is 6.01. The Labute approximate surface area is 215 Å². The van der Waals surface area contributed by atoms with Crippen LogP contribution in [0.15, 0.2) is 60.7 Å². The molecule has 9 nitrogen and oxygen atoms in total. The monoisotopic (exact) mass is 528 g/mol. The standard InChI is InChI=1S/C26H23F3N4O5/c1-35-19-11-9-18(10-12-19)33-24(15-13-20(36-2)22(38-4)21(14-15)37-3)31-23(32-33)25(34)30-17-7-5-16(6-8-17)26(27,28)29/h5-14H,1-4H3,(H,30,34). The fraction of sp³-hybridized carbons (Fsp3) is 0.192. The molecule has 0 aliphatic heterocycles. The molecule has 12 heteroatoms. The number of benzene rings is 3. The van der Waals surface area contributed by atoms with E-state index in [0.717, 1.165) is 24.3 Å². The van der Waals surface area contributed by atoms with Crippen molar-refractivity contribution in [1.82, 2.24) is 14.8 Å². The summed E-state index contributed by atoms with van der Waals surface area (Å²) in [6, 6.07) is 14.3. The normalized spacial score (nSPS) is 11.1. The lowest BCUT2D eigenvalue weighted by Gasteiger charge is -2.14. The van der Waals surface area contributed by atoms with E-state index in [9.17, 15) is 18.0 Å². The van der Waals surface area contributed by atoms with Crippen molar-refractivity contribution in [3.63, 3.8) is 0 Å². The highest BCUT2D eigenvalue weighted by Gasteiger charge is 2.30. The SMILES string of the molecule is COc1ccc(-n2nc(C(=O)Nc3ccc(C(F)(F)F)cc3)nc2-c2cc(OC)c(OC)c(OC)c2)cc1. The maximum atomic E-state index is 13.0. The number of halogens is 3. The van der Waals surface area contributed by atoms with E-state index in [1.807, 2.05) is 0 Å². The first-order valence-corrected chi connectivity index (χ1v) is 11.1. The highest BCUT2D eigenvalue weighted by Crippen LogP contribution is 2.41. The molecule has 3 aromatic carbocycles. The summed E-state index contributed by atoms with van der Waals surface area (Å²) < 4.78 is 61.6. The molecule has 0 aliphatic carbocycles. The molecule has 1 heterocycles. The summed E-state index contributed by atoms with van der Waals surface area (Å²) >= 11 is 0. The number of anilines is 1. The van der Waals surface area contributed by atoms with Gasteiger partial charge in [0.1, 0.15) is 5.75 Å². The second-order valence-corrected chi connectivity index (χ2v) is 7.81. The molecule has 0 spiro atoms. The predicted octanol–water partition coefficient (Wildman–Crippen LogP) is 5.24. The highest BCUT2D eigenvalue weighted by atomic mass is 19.4. The minimum atomic E-state index is -4.49. The summed E-state index contributed by atoms with van der Waals surface area (Å²) in [6.07, 6.45) is -4.49. The van der Waals surface area contributed by atoms with Crippen molar-refractivity contribution in [3.05, 3.63) is 72.1 Å². The summed E-state index contributed by atoms with van der Waals surface area (Å²) in [6.45, 7) is 0. The van der Waals surface area contributed by atoms with E-state index < -0.39 is 17.6 Å². The molecule has 38 heavy (non-hydrogen) atoms. The Morgan fingerprint density at radius 1 is 0.842 bits per heavy atom. The first-order valence-electron chi connectivity index (χ1n) is 11.1. The summed E-state index contributed by atoms with van der Waals surface area (Å²) in [7, 11) is 5.95. The molecule has 1 N–H and O–H groups in total. The van der Waals surface area contributed by atoms with E-state index in [2.05, 4.69) is 15.4 Å². The van der Waals surface area contributed by atoms with Crippen molar-refractivity contribution in [3.8, 4) is 40.1 Å². The van der Waals surface area contributed by atoms with Crippen LogP contribution in [0.5, 0.6) is 23.0 Å². The first kappa shape index (κ1) is 26.3. The average molecular weight is 528 g/mol. The van der Waals surface area contributed by atoms with Crippen molar-refractivity contribution in [2.45, 2.75) is 6.18 Å². The minimum Gasteiger partial charge on any atom is -0.497 e. The van der Waals surface area contributed by atoms with Gasteiger partial charge in [0, 0.05) is 11.3 Å². The van der Waals surface area contributed by atoms with Crippen molar-refractivity contribution < 1.29 is 36.9 Å². The summed E-state index contributed by atoms with van der Waals surface area (Å²) in [5.74, 6) is 1.05. The molecule has 4 rings (SSSR count). The van der Waals surface area contributed by atoms with E-state index >= 15 is 0 Å². The van der Waals surface area contributed by atoms with Gasteiger partial charge in [0.05, 0.1) is 39.7 Å². The molecule has 4 aromatic rings. The number of amides is 1. The molecule has 0 aliphatic rings. The topological polar surface area (TPSA) is 96.7 Å². The van der Waals surface area contributed by atoms with E-state index in [-0.39, 0.29) is 17.3 Å². The number of aromatic nitrogens is 3. The zero-order valence-electron chi connectivity index (χ0n) is 20.8. The van der Waals surface area contributed by atoms with E-state index in [1.165, 1.54) is 33.1 Å². The van der Waals surface area contributed by atoms with Gasteiger partial charge in [-0.25, -0.2) is 9.67 Å². The Hall–Kier alpha value is -4.74. The van der Waals surface area contributed by atoms with Crippen molar-refractivity contribution in [2.24, 2.45) is 0 Å². The van der Waals surface area contributed by atoms with Gasteiger partial charge < -0.3 is 24.3 Å². The largest absolute Gasteiger partial charge is 0.497 e. The fourth-order valence-electron chi connectivity index (χ4n) is 3.64. The molecule has 0 saturated carbocycles. The maximum absolute atomic E-state index is 13.0. The van der Waals surface area contributed by atoms with Crippen LogP contribution in [0.1, 0.15) is 16.2 Å². The number of ether oxygens (including phenoxy) is 4. The number of hydrogen-bond acceptors (Lipinski definition) is 7. The molecule has 0 atom stereocenters.